The predicted molar refractivity (Wildman–Crippen MR) is 114 cm³/mol. The van der Waals surface area contributed by atoms with Crippen molar-refractivity contribution in [3.05, 3.63) is 52.5 Å². The van der Waals surface area contributed by atoms with Gasteiger partial charge in [0.1, 0.15) is 5.75 Å². The Morgan fingerprint density at radius 2 is 1.75 bits per heavy atom. The minimum atomic E-state index is -0.237. The molecule has 0 aliphatic heterocycles. The van der Waals surface area contributed by atoms with Crippen LogP contribution in [0.15, 0.2) is 36.4 Å². The summed E-state index contributed by atoms with van der Waals surface area (Å²) < 4.78 is 5.23. The third kappa shape index (κ3) is 6.28. The summed E-state index contributed by atoms with van der Waals surface area (Å²) in [7, 11) is 1.50. The van der Waals surface area contributed by atoms with E-state index in [1.54, 1.807) is 36.4 Å². The molecule has 8 heteroatoms. The molecule has 28 heavy (non-hydrogen) atoms. The summed E-state index contributed by atoms with van der Waals surface area (Å²) in [6.07, 6.45) is 0. The molecule has 6 nitrogen and oxygen atoms in total. The van der Waals surface area contributed by atoms with E-state index in [9.17, 15) is 14.4 Å². The Bertz CT molecular complexity index is 885. The lowest BCUT2D eigenvalue weighted by Gasteiger charge is -2.12. The van der Waals surface area contributed by atoms with Crippen molar-refractivity contribution in [2.24, 2.45) is 0 Å². The molecule has 0 unspecified atom stereocenters. The number of ether oxygens (including phenoxy) is 1. The maximum atomic E-state index is 12.2. The van der Waals surface area contributed by atoms with Gasteiger partial charge in [-0.2, -0.15) is 0 Å². The minimum Gasteiger partial charge on any atom is -0.495 e. The maximum Gasteiger partial charge on any atom is 0.234 e. The summed E-state index contributed by atoms with van der Waals surface area (Å²) in [6.45, 7) is 3.25. The van der Waals surface area contributed by atoms with E-state index in [1.807, 2.05) is 6.92 Å². The second kappa shape index (κ2) is 10.1. The number of ketones is 1. The van der Waals surface area contributed by atoms with Gasteiger partial charge in [-0.25, -0.2) is 0 Å². The largest absolute Gasteiger partial charge is 0.495 e. The van der Waals surface area contributed by atoms with E-state index in [-0.39, 0.29) is 29.1 Å². The van der Waals surface area contributed by atoms with Gasteiger partial charge < -0.3 is 15.4 Å². The maximum absolute atomic E-state index is 12.2. The Labute approximate surface area is 173 Å². The monoisotopic (exact) mass is 420 g/mol. The quantitative estimate of drug-likeness (QED) is 0.626. The first-order chi connectivity index (χ1) is 13.3. The third-order valence-corrected chi connectivity index (χ3v) is 5.09. The molecule has 0 aliphatic carbocycles. The molecule has 2 amide bonds. The van der Waals surface area contributed by atoms with Crippen LogP contribution in [0.1, 0.15) is 22.8 Å². The normalized spacial score (nSPS) is 10.3. The number of nitrogens with one attached hydrogen (secondary N) is 2. The lowest BCUT2D eigenvalue weighted by atomic mass is 10.1. The molecule has 2 aromatic rings. The fourth-order valence-electron chi connectivity index (χ4n) is 2.38. The Morgan fingerprint density at radius 3 is 2.36 bits per heavy atom. The molecule has 0 atom stereocenters. The fraction of sp³-hybridized carbons (Fsp3) is 0.250. The highest BCUT2D eigenvalue weighted by Gasteiger charge is 2.12. The summed E-state index contributed by atoms with van der Waals surface area (Å²) in [6, 6.07) is 10.0. The van der Waals surface area contributed by atoms with Gasteiger partial charge in [0.15, 0.2) is 5.78 Å². The van der Waals surface area contributed by atoms with Gasteiger partial charge >= 0.3 is 0 Å². The van der Waals surface area contributed by atoms with E-state index < -0.39 is 0 Å². The first-order valence-electron chi connectivity index (χ1n) is 8.42. The second-order valence-electron chi connectivity index (χ2n) is 6.02. The molecule has 0 spiro atoms. The van der Waals surface area contributed by atoms with Gasteiger partial charge in [-0.05, 0) is 42.8 Å². The van der Waals surface area contributed by atoms with E-state index >= 15 is 0 Å². The number of Topliss-reactive ketones (excluding diaryl/α,β-unsaturated/α-hetero) is 1. The molecule has 0 saturated heterocycles. The molecule has 0 heterocycles. The summed E-state index contributed by atoms with van der Waals surface area (Å²) in [5, 5.41) is 5.97. The number of rotatable bonds is 8. The number of thioether (sulfide) groups is 1. The van der Waals surface area contributed by atoms with Crippen LogP contribution in [0.4, 0.5) is 11.4 Å². The van der Waals surface area contributed by atoms with Crippen LogP contribution >= 0.6 is 23.4 Å². The van der Waals surface area contributed by atoms with Gasteiger partial charge in [0.05, 0.1) is 24.3 Å². The van der Waals surface area contributed by atoms with Gasteiger partial charge in [0.2, 0.25) is 11.8 Å². The Hall–Kier alpha value is -2.51. The first-order valence-corrected chi connectivity index (χ1v) is 9.96. The standard InChI is InChI=1S/C20H21ClN2O4S/c1-12-8-17(19(27-3)9-16(12)21)23-20(26)11-28-10-18(25)14-4-6-15(7-5-14)22-13(2)24/h4-9H,10-11H2,1-3H3,(H,22,24)(H,23,26). The SMILES string of the molecule is COc1cc(Cl)c(C)cc1NC(=O)CSCC(=O)c1ccc(NC(C)=O)cc1. The second-order valence-corrected chi connectivity index (χ2v) is 7.42. The molecule has 148 valence electrons. The molecule has 0 saturated carbocycles. The smallest absolute Gasteiger partial charge is 0.234 e. The van der Waals surface area contributed by atoms with Crippen molar-refractivity contribution >= 4 is 52.3 Å². The van der Waals surface area contributed by atoms with Gasteiger partial charge in [-0.3, -0.25) is 14.4 Å². The predicted octanol–water partition coefficient (Wildman–Crippen LogP) is 4.17. The van der Waals surface area contributed by atoms with E-state index in [4.69, 9.17) is 16.3 Å². The molecule has 2 aromatic carbocycles. The highest BCUT2D eigenvalue weighted by Crippen LogP contribution is 2.31. The van der Waals surface area contributed by atoms with E-state index in [1.165, 1.54) is 25.8 Å². The Morgan fingerprint density at radius 1 is 1.07 bits per heavy atom. The van der Waals surface area contributed by atoms with Crippen molar-refractivity contribution in [1.82, 2.24) is 0 Å². The molecule has 0 aromatic heterocycles. The number of benzene rings is 2. The molecule has 0 fully saturated rings. The lowest BCUT2D eigenvalue weighted by molar-refractivity contribution is -0.114. The number of aryl methyl sites for hydroxylation is 1. The molecular formula is C20H21ClN2O4S. The zero-order chi connectivity index (χ0) is 20.7. The van der Waals surface area contributed by atoms with Crippen molar-refractivity contribution in [2.75, 3.05) is 29.2 Å². The summed E-state index contributed by atoms with van der Waals surface area (Å²) in [4.78, 5) is 35.4. The van der Waals surface area contributed by atoms with Crippen molar-refractivity contribution in [1.29, 1.82) is 0 Å². The van der Waals surface area contributed by atoms with Crippen LogP contribution in [0.25, 0.3) is 0 Å². The lowest BCUT2D eigenvalue weighted by Crippen LogP contribution is -2.16. The topological polar surface area (TPSA) is 84.5 Å². The third-order valence-electron chi connectivity index (χ3n) is 3.75. The number of carbonyl (C=O) groups excluding carboxylic acids is 3. The van der Waals surface area contributed by atoms with Gasteiger partial charge in [-0.1, -0.05) is 11.6 Å². The average Bonchev–Trinajstić information content (AvgIpc) is 2.64. The van der Waals surface area contributed by atoms with Crippen LogP contribution in [0.5, 0.6) is 5.75 Å². The first kappa shape index (κ1) is 21.8. The fourth-order valence-corrected chi connectivity index (χ4v) is 3.24. The number of anilines is 2. The van der Waals surface area contributed by atoms with Gasteiger partial charge in [-0.15, -0.1) is 11.8 Å². The molecule has 0 bridgehead atoms. The minimum absolute atomic E-state index is 0.0907. The Kier molecular flexibility index (Phi) is 7.90. The van der Waals surface area contributed by atoms with Crippen molar-refractivity contribution in [3.63, 3.8) is 0 Å². The number of halogens is 1. The van der Waals surface area contributed by atoms with Crippen LogP contribution < -0.4 is 15.4 Å². The summed E-state index contributed by atoms with van der Waals surface area (Å²) >= 11 is 7.28. The highest BCUT2D eigenvalue weighted by molar-refractivity contribution is 8.00. The van der Waals surface area contributed by atoms with Crippen molar-refractivity contribution in [2.45, 2.75) is 13.8 Å². The summed E-state index contributed by atoms with van der Waals surface area (Å²) in [5.41, 5.74) is 2.51. The number of carbonyl (C=O) groups is 3. The number of hydrogen-bond donors (Lipinski definition) is 2. The van der Waals surface area contributed by atoms with Crippen LogP contribution in [0, 0.1) is 6.92 Å². The van der Waals surface area contributed by atoms with Gasteiger partial charge in [0.25, 0.3) is 0 Å². The van der Waals surface area contributed by atoms with Gasteiger partial charge in [0, 0.05) is 29.3 Å². The van der Waals surface area contributed by atoms with Crippen LogP contribution in [0.3, 0.4) is 0 Å². The molecule has 2 rings (SSSR count). The van der Waals surface area contributed by atoms with Crippen molar-refractivity contribution in [3.8, 4) is 5.75 Å². The summed E-state index contributed by atoms with van der Waals surface area (Å²) in [5.74, 6) is 0.271. The number of amides is 2. The molecule has 2 N–H and O–H groups in total. The molecule has 0 radical (unpaired) electrons. The molecular weight excluding hydrogens is 400 g/mol. The van der Waals surface area contributed by atoms with E-state index in [2.05, 4.69) is 10.6 Å². The molecule has 0 aliphatic rings. The van der Waals surface area contributed by atoms with E-state index in [0.29, 0.717) is 27.7 Å². The van der Waals surface area contributed by atoms with Crippen molar-refractivity contribution < 1.29 is 19.1 Å². The Balaban J connectivity index is 1.86. The average molecular weight is 421 g/mol. The number of methoxy groups -OCH3 is 1. The number of hydrogen-bond acceptors (Lipinski definition) is 5. The van der Waals surface area contributed by atoms with Crippen LogP contribution in [0.2, 0.25) is 5.02 Å². The van der Waals surface area contributed by atoms with E-state index in [0.717, 1.165) is 5.56 Å². The highest BCUT2D eigenvalue weighted by atomic mass is 35.5. The zero-order valence-electron chi connectivity index (χ0n) is 15.8. The van der Waals surface area contributed by atoms with Crippen LogP contribution in [-0.4, -0.2) is 36.2 Å². The zero-order valence-corrected chi connectivity index (χ0v) is 17.4. The van der Waals surface area contributed by atoms with Crippen LogP contribution in [-0.2, 0) is 9.59 Å².